The van der Waals surface area contributed by atoms with Crippen molar-refractivity contribution in [1.82, 2.24) is 9.80 Å². The van der Waals surface area contributed by atoms with E-state index in [9.17, 15) is 4.79 Å². The Kier molecular flexibility index (Phi) is 10.5. The van der Waals surface area contributed by atoms with Crippen molar-refractivity contribution in [2.75, 3.05) is 73.8 Å². The number of benzene rings is 1. The largest absolute Gasteiger partial charge is 0.493 e. The number of hydrogen-bond donors (Lipinski definition) is 1. The molecule has 30 heavy (non-hydrogen) atoms. The molecule has 1 fully saturated rings. The molecule has 1 aromatic carbocycles. The molecule has 0 aromatic heterocycles. The Morgan fingerprint density at radius 3 is 2.03 bits per heavy atom. The minimum atomic E-state index is -0.377. The molecule has 0 spiro atoms. The van der Waals surface area contributed by atoms with Gasteiger partial charge in [0.1, 0.15) is 0 Å². The van der Waals surface area contributed by atoms with Crippen LogP contribution in [0.3, 0.4) is 0 Å². The summed E-state index contributed by atoms with van der Waals surface area (Å²) in [6.45, 7) is 6.59. The van der Waals surface area contributed by atoms with E-state index in [4.69, 9.17) is 24.1 Å². The number of methoxy groups -OCH3 is 3. The highest BCUT2D eigenvalue weighted by molar-refractivity contribution is 5.87. The Bertz CT molecular complexity index is 661. The molecule has 0 atom stereocenters. The second-order valence-electron chi connectivity index (χ2n) is 7.07. The molecule has 0 bridgehead atoms. The van der Waals surface area contributed by atoms with Crippen LogP contribution in [-0.4, -0.2) is 94.7 Å². The smallest absolute Gasteiger partial charge is 0.330 e. The number of aliphatic hydroxyl groups excluding tert-OH is 1. The molecule has 0 radical (unpaired) electrons. The maximum Gasteiger partial charge on any atom is 0.330 e. The SMILES string of the molecule is COc1cc(/C=C/C(=O)OCCCN2CCN(CCCO)CC2)cc(OC)c1OC. The topological polar surface area (TPSA) is 80.7 Å². The Hall–Kier alpha value is -2.29. The van der Waals surface area contributed by atoms with Gasteiger partial charge in [0, 0.05) is 52.0 Å². The van der Waals surface area contributed by atoms with Gasteiger partial charge in [-0.3, -0.25) is 0 Å². The Labute approximate surface area is 179 Å². The third kappa shape index (κ3) is 7.51. The first-order valence-electron chi connectivity index (χ1n) is 10.3. The number of aliphatic hydroxyl groups is 1. The van der Waals surface area contributed by atoms with Crippen molar-refractivity contribution in [3.05, 3.63) is 23.8 Å². The van der Waals surface area contributed by atoms with E-state index in [1.54, 1.807) is 39.5 Å². The summed E-state index contributed by atoms with van der Waals surface area (Å²) < 4.78 is 21.2. The molecule has 2 rings (SSSR count). The third-order valence-electron chi connectivity index (χ3n) is 5.06. The van der Waals surface area contributed by atoms with Crippen molar-refractivity contribution in [3.8, 4) is 17.2 Å². The van der Waals surface area contributed by atoms with Crippen molar-refractivity contribution < 1.29 is 28.8 Å². The minimum absolute atomic E-state index is 0.250. The zero-order valence-electron chi connectivity index (χ0n) is 18.3. The summed E-state index contributed by atoms with van der Waals surface area (Å²) in [5.74, 6) is 1.19. The molecule has 1 N–H and O–H groups in total. The lowest BCUT2D eigenvalue weighted by atomic mass is 10.1. The van der Waals surface area contributed by atoms with Gasteiger partial charge in [0.2, 0.25) is 5.75 Å². The summed E-state index contributed by atoms with van der Waals surface area (Å²) in [5.41, 5.74) is 0.750. The predicted molar refractivity (Wildman–Crippen MR) is 115 cm³/mol. The molecule has 1 aliphatic rings. The van der Waals surface area contributed by atoms with Gasteiger partial charge in [-0.15, -0.1) is 0 Å². The number of rotatable bonds is 12. The maximum absolute atomic E-state index is 12.0. The summed E-state index contributed by atoms with van der Waals surface area (Å²) in [6.07, 6.45) is 4.71. The van der Waals surface area contributed by atoms with Crippen LogP contribution in [0.1, 0.15) is 18.4 Å². The molecule has 8 nitrogen and oxygen atoms in total. The number of esters is 1. The minimum Gasteiger partial charge on any atom is -0.493 e. The van der Waals surface area contributed by atoms with Crippen molar-refractivity contribution in [2.45, 2.75) is 12.8 Å². The number of hydrogen-bond acceptors (Lipinski definition) is 8. The lowest BCUT2D eigenvalue weighted by Crippen LogP contribution is -2.47. The molecule has 8 heteroatoms. The standard InChI is InChI=1S/C22H34N2O6/c1-27-19-16-18(17-20(28-2)22(19)29-3)6-7-21(26)30-15-5-9-24-12-10-23(11-13-24)8-4-14-25/h6-7,16-17,25H,4-5,8-15H2,1-3H3/b7-6+. The highest BCUT2D eigenvalue weighted by atomic mass is 16.5. The molecule has 0 amide bonds. The van der Waals surface area contributed by atoms with E-state index in [-0.39, 0.29) is 12.6 Å². The van der Waals surface area contributed by atoms with Crippen LogP contribution < -0.4 is 14.2 Å². The van der Waals surface area contributed by atoms with Gasteiger partial charge in [0.25, 0.3) is 0 Å². The van der Waals surface area contributed by atoms with Crippen molar-refractivity contribution in [3.63, 3.8) is 0 Å². The highest BCUT2D eigenvalue weighted by Crippen LogP contribution is 2.38. The van der Waals surface area contributed by atoms with Crippen LogP contribution in [0.25, 0.3) is 6.08 Å². The van der Waals surface area contributed by atoms with Crippen LogP contribution in [0.15, 0.2) is 18.2 Å². The van der Waals surface area contributed by atoms with Gasteiger partial charge < -0.3 is 33.9 Å². The molecule has 168 valence electrons. The Morgan fingerprint density at radius 2 is 1.53 bits per heavy atom. The van der Waals surface area contributed by atoms with E-state index in [0.717, 1.165) is 57.7 Å². The molecule has 0 aliphatic carbocycles. The molecular weight excluding hydrogens is 388 g/mol. The van der Waals surface area contributed by atoms with Crippen molar-refractivity contribution in [2.24, 2.45) is 0 Å². The summed E-state index contributed by atoms with van der Waals surface area (Å²) in [7, 11) is 4.65. The van der Waals surface area contributed by atoms with Gasteiger partial charge >= 0.3 is 5.97 Å². The maximum atomic E-state index is 12.0. The lowest BCUT2D eigenvalue weighted by molar-refractivity contribution is -0.137. The summed E-state index contributed by atoms with van der Waals surface area (Å²) in [4.78, 5) is 16.8. The zero-order chi connectivity index (χ0) is 21.8. The predicted octanol–water partition coefficient (Wildman–Crippen LogP) is 1.66. The van der Waals surface area contributed by atoms with Crippen LogP contribution in [-0.2, 0) is 9.53 Å². The fourth-order valence-corrected chi connectivity index (χ4v) is 3.40. The monoisotopic (exact) mass is 422 g/mol. The Morgan fingerprint density at radius 1 is 0.967 bits per heavy atom. The molecule has 1 aromatic rings. The first-order chi connectivity index (χ1) is 14.6. The average Bonchev–Trinajstić information content (AvgIpc) is 2.78. The van der Waals surface area contributed by atoms with E-state index in [0.29, 0.717) is 23.9 Å². The fraction of sp³-hybridized carbons (Fsp3) is 0.591. The number of nitrogens with zero attached hydrogens (tertiary/aromatic N) is 2. The molecular formula is C22H34N2O6. The molecule has 1 heterocycles. The zero-order valence-corrected chi connectivity index (χ0v) is 18.3. The molecule has 1 saturated heterocycles. The number of ether oxygens (including phenoxy) is 4. The highest BCUT2D eigenvalue weighted by Gasteiger charge is 2.16. The second-order valence-corrected chi connectivity index (χ2v) is 7.07. The normalized spacial score (nSPS) is 15.3. The van der Waals surface area contributed by atoms with Crippen LogP contribution in [0.4, 0.5) is 0 Å². The summed E-state index contributed by atoms with van der Waals surface area (Å²) in [6, 6.07) is 3.54. The third-order valence-corrected chi connectivity index (χ3v) is 5.06. The first kappa shape index (κ1) is 24.0. The van der Waals surface area contributed by atoms with Gasteiger partial charge in [-0.25, -0.2) is 4.79 Å². The second kappa shape index (κ2) is 13.1. The van der Waals surface area contributed by atoms with E-state index in [1.165, 1.54) is 6.08 Å². The number of carbonyl (C=O) groups excluding carboxylic acids is 1. The van der Waals surface area contributed by atoms with Crippen LogP contribution in [0, 0.1) is 0 Å². The average molecular weight is 423 g/mol. The van der Waals surface area contributed by atoms with Crippen LogP contribution in [0.2, 0.25) is 0 Å². The summed E-state index contributed by atoms with van der Waals surface area (Å²) in [5, 5.41) is 8.91. The van der Waals surface area contributed by atoms with E-state index in [1.807, 2.05) is 0 Å². The van der Waals surface area contributed by atoms with Gasteiger partial charge in [0.15, 0.2) is 11.5 Å². The van der Waals surface area contributed by atoms with E-state index in [2.05, 4.69) is 9.80 Å². The van der Waals surface area contributed by atoms with Gasteiger partial charge in [0.05, 0.1) is 27.9 Å². The lowest BCUT2D eigenvalue weighted by Gasteiger charge is -2.34. The number of piperazine rings is 1. The van der Waals surface area contributed by atoms with E-state index >= 15 is 0 Å². The van der Waals surface area contributed by atoms with Gasteiger partial charge in [-0.05, 0) is 36.6 Å². The quantitative estimate of drug-likeness (QED) is 0.310. The van der Waals surface area contributed by atoms with Crippen molar-refractivity contribution in [1.29, 1.82) is 0 Å². The van der Waals surface area contributed by atoms with Gasteiger partial charge in [-0.2, -0.15) is 0 Å². The van der Waals surface area contributed by atoms with Gasteiger partial charge in [-0.1, -0.05) is 0 Å². The molecule has 0 unspecified atom stereocenters. The van der Waals surface area contributed by atoms with E-state index < -0.39 is 0 Å². The fourth-order valence-electron chi connectivity index (χ4n) is 3.40. The summed E-state index contributed by atoms with van der Waals surface area (Å²) >= 11 is 0. The van der Waals surface area contributed by atoms with Crippen LogP contribution in [0.5, 0.6) is 17.2 Å². The molecule has 0 saturated carbocycles. The van der Waals surface area contributed by atoms with Crippen molar-refractivity contribution >= 4 is 12.0 Å². The Balaban J connectivity index is 1.72. The van der Waals surface area contributed by atoms with Crippen LogP contribution >= 0.6 is 0 Å². The first-order valence-corrected chi connectivity index (χ1v) is 10.3. The number of carbonyl (C=O) groups is 1. The molecule has 1 aliphatic heterocycles.